The van der Waals surface area contributed by atoms with Gasteiger partial charge >= 0.3 is 0 Å². The Morgan fingerprint density at radius 3 is 2.44 bits per heavy atom. The van der Waals surface area contributed by atoms with Gasteiger partial charge in [-0.3, -0.25) is 4.98 Å². The minimum absolute atomic E-state index is 0.482. The quantitative estimate of drug-likeness (QED) is 0.744. The van der Waals surface area contributed by atoms with Gasteiger partial charge in [0.25, 0.3) is 0 Å². The highest BCUT2D eigenvalue weighted by molar-refractivity contribution is 5.41. The number of nitrogens with zero attached hydrogens (tertiary/aromatic N) is 2. The molecule has 4 heteroatoms. The normalized spacial score (nSPS) is 10.5. The fraction of sp³-hybridized carbons (Fsp3) is 0.667. The van der Waals surface area contributed by atoms with E-state index in [-0.39, 0.29) is 0 Å². The van der Waals surface area contributed by atoms with E-state index in [0.29, 0.717) is 6.04 Å². The van der Waals surface area contributed by atoms with Crippen LogP contribution in [-0.4, -0.2) is 22.6 Å². The summed E-state index contributed by atoms with van der Waals surface area (Å²) < 4.78 is 0. The lowest BCUT2D eigenvalue weighted by Gasteiger charge is -2.15. The Balaban J connectivity index is 2.59. The van der Waals surface area contributed by atoms with Gasteiger partial charge in [-0.1, -0.05) is 20.8 Å². The standard InChI is InChI=1S/C12H22N4/c1-4-7-14-11-8-13-9-12(16-11)15-10(5-2)6-3/h8-10H,4-7H2,1-3H3,(H2,14,15,16). The molecule has 0 atom stereocenters. The molecule has 0 unspecified atom stereocenters. The maximum Gasteiger partial charge on any atom is 0.147 e. The summed E-state index contributed by atoms with van der Waals surface area (Å²) in [6, 6.07) is 0.482. The number of rotatable bonds is 7. The van der Waals surface area contributed by atoms with Crippen LogP contribution in [0.15, 0.2) is 12.4 Å². The zero-order chi connectivity index (χ0) is 11.8. The van der Waals surface area contributed by atoms with E-state index in [2.05, 4.69) is 41.4 Å². The maximum absolute atomic E-state index is 4.46. The van der Waals surface area contributed by atoms with E-state index < -0.39 is 0 Å². The van der Waals surface area contributed by atoms with Crippen molar-refractivity contribution < 1.29 is 0 Å². The first-order valence-electron chi connectivity index (χ1n) is 6.12. The molecule has 1 aromatic rings. The molecule has 0 aliphatic rings. The van der Waals surface area contributed by atoms with Crippen molar-refractivity contribution in [3.8, 4) is 0 Å². The van der Waals surface area contributed by atoms with E-state index in [1.165, 1.54) is 0 Å². The van der Waals surface area contributed by atoms with Gasteiger partial charge in [0.2, 0.25) is 0 Å². The molecule has 4 nitrogen and oxygen atoms in total. The zero-order valence-electron chi connectivity index (χ0n) is 10.5. The largest absolute Gasteiger partial charge is 0.369 e. The molecule has 1 aromatic heterocycles. The molecular formula is C12H22N4. The maximum atomic E-state index is 4.46. The van der Waals surface area contributed by atoms with Crippen LogP contribution in [0.1, 0.15) is 40.0 Å². The van der Waals surface area contributed by atoms with E-state index in [0.717, 1.165) is 37.4 Å². The topological polar surface area (TPSA) is 49.8 Å². The van der Waals surface area contributed by atoms with Gasteiger partial charge in [-0.25, -0.2) is 4.98 Å². The molecule has 0 saturated carbocycles. The molecule has 0 radical (unpaired) electrons. The lowest BCUT2D eigenvalue weighted by molar-refractivity contribution is 0.668. The molecule has 90 valence electrons. The summed E-state index contributed by atoms with van der Waals surface area (Å²) >= 11 is 0. The second-order valence-electron chi connectivity index (χ2n) is 3.87. The molecule has 0 fully saturated rings. The molecule has 0 amide bonds. The molecule has 0 spiro atoms. The molecule has 2 N–H and O–H groups in total. The summed E-state index contributed by atoms with van der Waals surface area (Å²) in [4.78, 5) is 8.63. The number of hydrogen-bond acceptors (Lipinski definition) is 4. The van der Waals surface area contributed by atoms with Crippen molar-refractivity contribution in [2.45, 2.75) is 46.1 Å². The van der Waals surface area contributed by atoms with Crippen molar-refractivity contribution in [3.63, 3.8) is 0 Å². The van der Waals surface area contributed by atoms with Gasteiger partial charge in [0.05, 0.1) is 12.4 Å². The number of hydrogen-bond donors (Lipinski definition) is 2. The van der Waals surface area contributed by atoms with Crippen molar-refractivity contribution in [1.82, 2.24) is 9.97 Å². The lowest BCUT2D eigenvalue weighted by atomic mass is 10.2. The van der Waals surface area contributed by atoms with Crippen molar-refractivity contribution in [2.24, 2.45) is 0 Å². The molecule has 0 aromatic carbocycles. The molecule has 1 heterocycles. The van der Waals surface area contributed by atoms with Gasteiger partial charge in [0, 0.05) is 12.6 Å². The minimum atomic E-state index is 0.482. The predicted octanol–water partition coefficient (Wildman–Crippen LogP) is 2.90. The Hall–Kier alpha value is -1.32. The van der Waals surface area contributed by atoms with Crippen LogP contribution in [0.25, 0.3) is 0 Å². The second kappa shape index (κ2) is 7.04. The summed E-state index contributed by atoms with van der Waals surface area (Å²) in [7, 11) is 0. The van der Waals surface area contributed by atoms with Crippen LogP contribution in [0.5, 0.6) is 0 Å². The minimum Gasteiger partial charge on any atom is -0.369 e. The van der Waals surface area contributed by atoms with Crippen molar-refractivity contribution in [1.29, 1.82) is 0 Å². The van der Waals surface area contributed by atoms with Crippen LogP contribution < -0.4 is 10.6 Å². The molecule has 0 aliphatic carbocycles. The summed E-state index contributed by atoms with van der Waals surface area (Å²) in [5, 5.41) is 6.61. The van der Waals surface area contributed by atoms with Gasteiger partial charge in [0.15, 0.2) is 0 Å². The number of aromatic nitrogens is 2. The van der Waals surface area contributed by atoms with Crippen LogP contribution in [0, 0.1) is 0 Å². The fourth-order valence-corrected chi connectivity index (χ4v) is 1.48. The first-order valence-corrected chi connectivity index (χ1v) is 6.12. The van der Waals surface area contributed by atoms with Gasteiger partial charge < -0.3 is 10.6 Å². The second-order valence-corrected chi connectivity index (χ2v) is 3.87. The van der Waals surface area contributed by atoms with Crippen LogP contribution >= 0.6 is 0 Å². The highest BCUT2D eigenvalue weighted by atomic mass is 15.1. The van der Waals surface area contributed by atoms with Crippen LogP contribution in [-0.2, 0) is 0 Å². The molecule has 0 saturated heterocycles. The van der Waals surface area contributed by atoms with Crippen molar-refractivity contribution in [2.75, 3.05) is 17.2 Å². The number of nitrogens with one attached hydrogen (secondary N) is 2. The Morgan fingerprint density at radius 1 is 1.12 bits per heavy atom. The average Bonchev–Trinajstić information content (AvgIpc) is 2.34. The zero-order valence-corrected chi connectivity index (χ0v) is 10.5. The van der Waals surface area contributed by atoms with Gasteiger partial charge in [-0.15, -0.1) is 0 Å². The Morgan fingerprint density at radius 2 is 1.81 bits per heavy atom. The highest BCUT2D eigenvalue weighted by Crippen LogP contribution is 2.10. The molecule has 0 aliphatic heterocycles. The van der Waals surface area contributed by atoms with Crippen LogP contribution in [0.2, 0.25) is 0 Å². The van der Waals surface area contributed by atoms with Crippen LogP contribution in [0.3, 0.4) is 0 Å². The SMILES string of the molecule is CCCNc1cncc(NC(CC)CC)n1. The van der Waals surface area contributed by atoms with Crippen molar-refractivity contribution >= 4 is 11.6 Å². The third-order valence-corrected chi connectivity index (χ3v) is 2.53. The lowest BCUT2D eigenvalue weighted by Crippen LogP contribution is -2.18. The monoisotopic (exact) mass is 222 g/mol. The van der Waals surface area contributed by atoms with E-state index in [1.807, 2.05) is 0 Å². The highest BCUT2D eigenvalue weighted by Gasteiger charge is 2.04. The molecular weight excluding hydrogens is 200 g/mol. The smallest absolute Gasteiger partial charge is 0.147 e. The summed E-state index contributed by atoms with van der Waals surface area (Å²) in [5.41, 5.74) is 0. The fourth-order valence-electron chi connectivity index (χ4n) is 1.48. The predicted molar refractivity (Wildman–Crippen MR) is 68.8 cm³/mol. The van der Waals surface area contributed by atoms with Gasteiger partial charge in [0.1, 0.15) is 11.6 Å². The Kier molecular flexibility index (Phi) is 5.61. The van der Waals surface area contributed by atoms with E-state index in [1.54, 1.807) is 12.4 Å². The average molecular weight is 222 g/mol. The first-order chi connectivity index (χ1) is 7.80. The van der Waals surface area contributed by atoms with E-state index in [9.17, 15) is 0 Å². The van der Waals surface area contributed by atoms with E-state index >= 15 is 0 Å². The van der Waals surface area contributed by atoms with E-state index in [4.69, 9.17) is 0 Å². The molecule has 1 rings (SSSR count). The van der Waals surface area contributed by atoms with Crippen molar-refractivity contribution in [3.05, 3.63) is 12.4 Å². The molecule has 0 bridgehead atoms. The third-order valence-electron chi connectivity index (χ3n) is 2.53. The molecule has 16 heavy (non-hydrogen) atoms. The Labute approximate surface area is 97.9 Å². The third kappa shape index (κ3) is 4.04. The van der Waals surface area contributed by atoms with Gasteiger partial charge in [-0.05, 0) is 19.3 Å². The summed E-state index contributed by atoms with van der Waals surface area (Å²) in [5.74, 6) is 1.70. The summed E-state index contributed by atoms with van der Waals surface area (Å²) in [6.07, 6.45) is 6.82. The summed E-state index contributed by atoms with van der Waals surface area (Å²) in [6.45, 7) is 7.41. The van der Waals surface area contributed by atoms with Gasteiger partial charge in [-0.2, -0.15) is 0 Å². The number of anilines is 2. The first kappa shape index (κ1) is 12.7. The van der Waals surface area contributed by atoms with Crippen LogP contribution in [0.4, 0.5) is 11.6 Å². The Bertz CT molecular complexity index is 297.